The van der Waals surface area contributed by atoms with E-state index in [-0.39, 0.29) is 25.1 Å². The molecule has 1 amide bonds. The zero-order valence-corrected chi connectivity index (χ0v) is 14.4. The van der Waals surface area contributed by atoms with E-state index in [1.165, 1.54) is 11.3 Å². The zero-order valence-electron chi connectivity index (χ0n) is 13.6. The van der Waals surface area contributed by atoms with E-state index in [0.717, 1.165) is 29.7 Å². The molecule has 1 aliphatic rings. The molecule has 0 radical (unpaired) electrons. The van der Waals surface area contributed by atoms with Gasteiger partial charge in [-0.25, -0.2) is 4.79 Å². The fraction of sp³-hybridized carbons (Fsp3) is 0.562. The molecule has 23 heavy (non-hydrogen) atoms. The standard InChI is InChI=1S/C16H21NO5S/c1-4-21-16(20)13-9(2)10(3)23-14(13)17-12(18)8-22-15(19)11-6-5-7-11/h11H,4-8H2,1-3H3,(H,17,18). The van der Waals surface area contributed by atoms with Crippen molar-refractivity contribution in [1.29, 1.82) is 0 Å². The second kappa shape index (κ2) is 7.59. The van der Waals surface area contributed by atoms with Gasteiger partial charge in [0.2, 0.25) is 0 Å². The minimum absolute atomic E-state index is 0.0656. The molecule has 0 aromatic carbocycles. The van der Waals surface area contributed by atoms with Gasteiger partial charge in [0.05, 0.1) is 18.1 Å². The van der Waals surface area contributed by atoms with Crippen LogP contribution in [0.1, 0.15) is 47.0 Å². The highest BCUT2D eigenvalue weighted by atomic mass is 32.1. The number of thiophene rings is 1. The molecule has 2 rings (SSSR count). The lowest BCUT2D eigenvalue weighted by Crippen LogP contribution is -2.28. The van der Waals surface area contributed by atoms with Crippen LogP contribution in [-0.4, -0.2) is 31.1 Å². The third kappa shape index (κ3) is 4.10. The van der Waals surface area contributed by atoms with Crippen LogP contribution in [0, 0.1) is 19.8 Å². The number of carbonyl (C=O) groups excluding carboxylic acids is 3. The number of amides is 1. The number of hydrogen-bond acceptors (Lipinski definition) is 6. The highest BCUT2D eigenvalue weighted by molar-refractivity contribution is 7.16. The predicted molar refractivity (Wildman–Crippen MR) is 86.7 cm³/mol. The minimum Gasteiger partial charge on any atom is -0.462 e. The van der Waals surface area contributed by atoms with E-state index in [1.54, 1.807) is 6.92 Å². The van der Waals surface area contributed by atoms with Crippen LogP contribution in [0.15, 0.2) is 0 Å². The Hall–Kier alpha value is -1.89. The van der Waals surface area contributed by atoms with Crippen LogP contribution in [0.25, 0.3) is 0 Å². The first-order valence-electron chi connectivity index (χ1n) is 7.67. The highest BCUT2D eigenvalue weighted by Gasteiger charge is 2.27. The Labute approximate surface area is 139 Å². The van der Waals surface area contributed by atoms with E-state index in [9.17, 15) is 14.4 Å². The number of ether oxygens (including phenoxy) is 2. The second-order valence-corrected chi connectivity index (χ2v) is 6.72. The molecule has 0 atom stereocenters. The molecule has 1 aromatic rings. The lowest BCUT2D eigenvalue weighted by atomic mass is 9.86. The van der Waals surface area contributed by atoms with Gasteiger partial charge in [0.1, 0.15) is 5.00 Å². The van der Waals surface area contributed by atoms with Crippen LogP contribution in [-0.2, 0) is 19.1 Å². The van der Waals surface area contributed by atoms with Gasteiger partial charge in [-0.1, -0.05) is 6.42 Å². The summed E-state index contributed by atoms with van der Waals surface area (Å²) in [4.78, 5) is 36.5. The van der Waals surface area contributed by atoms with Crippen LogP contribution in [0.4, 0.5) is 5.00 Å². The van der Waals surface area contributed by atoms with Crippen LogP contribution < -0.4 is 5.32 Å². The van der Waals surface area contributed by atoms with E-state index >= 15 is 0 Å². The summed E-state index contributed by atoms with van der Waals surface area (Å²) in [6.45, 7) is 5.33. The number of anilines is 1. The summed E-state index contributed by atoms with van der Waals surface area (Å²) in [5.41, 5.74) is 1.16. The van der Waals surface area contributed by atoms with E-state index in [4.69, 9.17) is 9.47 Å². The van der Waals surface area contributed by atoms with Crippen molar-refractivity contribution in [3.8, 4) is 0 Å². The Morgan fingerprint density at radius 2 is 1.91 bits per heavy atom. The van der Waals surface area contributed by atoms with Crippen molar-refractivity contribution < 1.29 is 23.9 Å². The van der Waals surface area contributed by atoms with Gasteiger partial charge in [0.25, 0.3) is 5.91 Å². The SMILES string of the molecule is CCOC(=O)c1c(NC(=O)COC(=O)C2CCC2)sc(C)c1C. The molecule has 1 N–H and O–H groups in total. The number of carbonyl (C=O) groups is 3. The Kier molecular flexibility index (Phi) is 5.76. The van der Waals surface area contributed by atoms with Crippen molar-refractivity contribution in [2.24, 2.45) is 5.92 Å². The monoisotopic (exact) mass is 339 g/mol. The number of rotatable bonds is 6. The van der Waals surface area contributed by atoms with Crippen LogP contribution >= 0.6 is 11.3 Å². The fourth-order valence-electron chi connectivity index (χ4n) is 2.23. The molecule has 6 nitrogen and oxygen atoms in total. The summed E-state index contributed by atoms with van der Waals surface area (Å²) in [5.74, 6) is -1.31. The Bertz CT molecular complexity index is 618. The van der Waals surface area contributed by atoms with Gasteiger partial charge in [0, 0.05) is 4.88 Å². The molecular weight excluding hydrogens is 318 g/mol. The molecule has 0 spiro atoms. The molecule has 0 saturated heterocycles. The van der Waals surface area contributed by atoms with Crippen molar-refractivity contribution in [2.45, 2.75) is 40.0 Å². The molecular formula is C16H21NO5S. The lowest BCUT2D eigenvalue weighted by molar-refractivity contribution is -0.154. The topological polar surface area (TPSA) is 81.7 Å². The molecule has 1 heterocycles. The summed E-state index contributed by atoms with van der Waals surface area (Å²) in [5, 5.41) is 3.08. The van der Waals surface area contributed by atoms with Crippen molar-refractivity contribution in [2.75, 3.05) is 18.5 Å². The fourth-order valence-corrected chi connectivity index (χ4v) is 3.29. The summed E-state index contributed by atoms with van der Waals surface area (Å²) in [6, 6.07) is 0. The van der Waals surface area contributed by atoms with Crippen LogP contribution in [0.2, 0.25) is 0 Å². The normalized spacial score (nSPS) is 14.0. The lowest BCUT2D eigenvalue weighted by Gasteiger charge is -2.22. The highest BCUT2D eigenvalue weighted by Crippen LogP contribution is 2.33. The molecule has 1 fully saturated rings. The van der Waals surface area contributed by atoms with Gasteiger partial charge >= 0.3 is 11.9 Å². The molecule has 126 valence electrons. The van der Waals surface area contributed by atoms with Crippen molar-refractivity contribution in [1.82, 2.24) is 0 Å². The van der Waals surface area contributed by atoms with Gasteiger partial charge in [0.15, 0.2) is 6.61 Å². The number of nitrogens with one attached hydrogen (secondary N) is 1. The van der Waals surface area contributed by atoms with E-state index in [1.807, 2.05) is 13.8 Å². The largest absolute Gasteiger partial charge is 0.462 e. The van der Waals surface area contributed by atoms with Gasteiger partial charge in [-0.2, -0.15) is 0 Å². The summed E-state index contributed by atoms with van der Waals surface area (Å²) in [6.07, 6.45) is 2.69. The second-order valence-electron chi connectivity index (χ2n) is 5.49. The average Bonchev–Trinajstić information content (AvgIpc) is 2.70. The van der Waals surface area contributed by atoms with Gasteiger partial charge in [-0.15, -0.1) is 11.3 Å². The Balaban J connectivity index is 1.98. The zero-order chi connectivity index (χ0) is 17.0. The Morgan fingerprint density at radius 1 is 1.22 bits per heavy atom. The molecule has 1 saturated carbocycles. The summed E-state index contributed by atoms with van der Waals surface area (Å²) in [7, 11) is 0. The first-order chi connectivity index (χ1) is 10.9. The maximum Gasteiger partial charge on any atom is 0.341 e. The smallest absolute Gasteiger partial charge is 0.341 e. The minimum atomic E-state index is -0.462. The van der Waals surface area contributed by atoms with E-state index in [0.29, 0.717) is 10.6 Å². The summed E-state index contributed by atoms with van der Waals surface area (Å²) < 4.78 is 10.0. The molecule has 0 unspecified atom stereocenters. The van der Waals surface area contributed by atoms with Gasteiger partial charge in [-0.05, 0) is 39.2 Å². The molecule has 1 aliphatic carbocycles. The van der Waals surface area contributed by atoms with E-state index < -0.39 is 11.9 Å². The third-order valence-corrected chi connectivity index (χ3v) is 5.02. The molecule has 0 aliphatic heterocycles. The number of esters is 2. The van der Waals surface area contributed by atoms with Gasteiger partial charge < -0.3 is 14.8 Å². The summed E-state index contributed by atoms with van der Waals surface area (Å²) >= 11 is 1.31. The quantitative estimate of drug-likeness (QED) is 0.806. The third-order valence-electron chi connectivity index (χ3n) is 3.90. The first-order valence-corrected chi connectivity index (χ1v) is 8.49. The number of hydrogen-bond donors (Lipinski definition) is 1. The maximum atomic E-state index is 12.0. The first kappa shape index (κ1) is 17.5. The Morgan fingerprint density at radius 3 is 2.48 bits per heavy atom. The van der Waals surface area contributed by atoms with Crippen molar-refractivity contribution >= 4 is 34.2 Å². The maximum absolute atomic E-state index is 12.0. The predicted octanol–water partition coefficient (Wildman–Crippen LogP) is 2.82. The van der Waals surface area contributed by atoms with Gasteiger partial charge in [-0.3, -0.25) is 9.59 Å². The van der Waals surface area contributed by atoms with Crippen molar-refractivity contribution in [3.05, 3.63) is 16.0 Å². The molecule has 7 heteroatoms. The average molecular weight is 339 g/mol. The van der Waals surface area contributed by atoms with E-state index in [2.05, 4.69) is 5.32 Å². The number of aryl methyl sites for hydroxylation is 1. The van der Waals surface area contributed by atoms with Crippen LogP contribution in [0.3, 0.4) is 0 Å². The van der Waals surface area contributed by atoms with Crippen LogP contribution in [0.5, 0.6) is 0 Å². The molecule has 0 bridgehead atoms. The molecule has 1 aromatic heterocycles. The van der Waals surface area contributed by atoms with Crippen molar-refractivity contribution in [3.63, 3.8) is 0 Å².